The van der Waals surface area contributed by atoms with Crippen molar-refractivity contribution in [3.8, 4) is 0 Å². The molecule has 1 fully saturated rings. The van der Waals surface area contributed by atoms with Crippen LogP contribution >= 0.6 is 15.9 Å². The summed E-state index contributed by atoms with van der Waals surface area (Å²) < 4.78 is 0. The van der Waals surface area contributed by atoms with Crippen molar-refractivity contribution in [2.75, 3.05) is 25.5 Å². The molecule has 1 saturated heterocycles. The molecule has 0 radical (unpaired) electrons. The highest BCUT2D eigenvalue weighted by molar-refractivity contribution is 9.09. The predicted molar refractivity (Wildman–Crippen MR) is 61.9 cm³/mol. The quantitative estimate of drug-likeness (QED) is 0.567. The Labute approximate surface area is 98.7 Å². The summed E-state index contributed by atoms with van der Waals surface area (Å²) in [5.74, 6) is 0.291. The van der Waals surface area contributed by atoms with Crippen LogP contribution in [0.5, 0.6) is 0 Å². The van der Waals surface area contributed by atoms with Gasteiger partial charge < -0.3 is 4.90 Å². The van der Waals surface area contributed by atoms with Crippen LogP contribution in [0.25, 0.3) is 0 Å². The van der Waals surface area contributed by atoms with Crippen molar-refractivity contribution < 1.29 is 9.59 Å². The van der Waals surface area contributed by atoms with E-state index >= 15 is 0 Å². The highest BCUT2D eigenvalue weighted by Gasteiger charge is 2.34. The van der Waals surface area contributed by atoms with Gasteiger partial charge in [-0.1, -0.05) is 29.3 Å². The average molecular weight is 277 g/mol. The van der Waals surface area contributed by atoms with Gasteiger partial charge in [0.1, 0.15) is 6.54 Å². The van der Waals surface area contributed by atoms with E-state index in [-0.39, 0.29) is 18.5 Å². The molecule has 0 bridgehead atoms. The highest BCUT2D eigenvalue weighted by atomic mass is 79.9. The smallest absolute Gasteiger partial charge is 0.318 e. The summed E-state index contributed by atoms with van der Waals surface area (Å²) in [5.41, 5.74) is 0. The van der Waals surface area contributed by atoms with Crippen LogP contribution in [0.4, 0.5) is 4.79 Å². The van der Waals surface area contributed by atoms with Gasteiger partial charge in [0.2, 0.25) is 5.91 Å². The molecule has 86 valence electrons. The number of imide groups is 1. The maximum Gasteiger partial charge on any atom is 0.326 e. The molecule has 1 heterocycles. The molecule has 0 aromatic carbocycles. The lowest BCUT2D eigenvalue weighted by atomic mass is 10.1. The Hall–Kier alpha value is -0.580. The number of likely N-dealkylation sites (N-methyl/N-ethyl adjacent to an activating group) is 1. The first kappa shape index (κ1) is 12.5. The lowest BCUT2D eigenvalue weighted by Gasteiger charge is -2.20. The molecular formula is C10H17BrN2O2. The molecule has 0 aromatic rings. The van der Waals surface area contributed by atoms with Crippen LogP contribution in [0, 0.1) is 5.92 Å². The Morgan fingerprint density at radius 2 is 2.13 bits per heavy atom. The Balaban J connectivity index is 2.56. The second-order valence-corrected chi connectivity index (χ2v) is 4.60. The van der Waals surface area contributed by atoms with Gasteiger partial charge in [-0.2, -0.15) is 0 Å². The molecule has 1 rings (SSSR count). The average Bonchev–Trinajstić information content (AvgIpc) is 2.44. The van der Waals surface area contributed by atoms with E-state index in [1.165, 1.54) is 9.80 Å². The molecule has 15 heavy (non-hydrogen) atoms. The van der Waals surface area contributed by atoms with Gasteiger partial charge in [-0.05, 0) is 12.3 Å². The van der Waals surface area contributed by atoms with Gasteiger partial charge in [-0.3, -0.25) is 9.69 Å². The molecule has 0 aromatic heterocycles. The minimum atomic E-state index is -0.165. The predicted octanol–water partition coefficient (Wildman–Crippen LogP) is 1.69. The van der Waals surface area contributed by atoms with Gasteiger partial charge in [-0.25, -0.2) is 4.79 Å². The van der Waals surface area contributed by atoms with Crippen LogP contribution in [-0.2, 0) is 4.79 Å². The largest absolute Gasteiger partial charge is 0.326 e. The number of rotatable bonds is 5. The van der Waals surface area contributed by atoms with Gasteiger partial charge in [0, 0.05) is 18.9 Å². The standard InChI is InChI=1S/C10H17BrN2O2/c1-3-4-8(5-11)6-13-9(14)7-12(2)10(13)15/h8H,3-7H2,1-2H3. The topological polar surface area (TPSA) is 40.6 Å². The second kappa shape index (κ2) is 5.49. The number of halogens is 1. The Bertz CT molecular complexity index is 258. The Kier molecular flexibility index (Phi) is 4.57. The zero-order chi connectivity index (χ0) is 11.4. The number of carbonyl (C=O) groups is 2. The number of hydrogen-bond acceptors (Lipinski definition) is 2. The van der Waals surface area contributed by atoms with Crippen LogP contribution < -0.4 is 0 Å². The van der Waals surface area contributed by atoms with E-state index in [2.05, 4.69) is 22.9 Å². The lowest BCUT2D eigenvalue weighted by molar-refractivity contribution is -0.125. The van der Waals surface area contributed by atoms with Gasteiger partial charge >= 0.3 is 6.03 Å². The molecule has 4 nitrogen and oxygen atoms in total. The molecular weight excluding hydrogens is 260 g/mol. The molecule has 1 unspecified atom stereocenters. The molecule has 1 aliphatic heterocycles. The Morgan fingerprint density at radius 1 is 1.47 bits per heavy atom. The van der Waals surface area contributed by atoms with Gasteiger partial charge in [-0.15, -0.1) is 0 Å². The van der Waals surface area contributed by atoms with Crippen molar-refractivity contribution in [2.45, 2.75) is 19.8 Å². The number of alkyl halides is 1. The van der Waals surface area contributed by atoms with Crippen molar-refractivity contribution in [3.63, 3.8) is 0 Å². The van der Waals surface area contributed by atoms with Crippen LogP contribution in [0.1, 0.15) is 19.8 Å². The van der Waals surface area contributed by atoms with E-state index in [1.54, 1.807) is 7.05 Å². The lowest BCUT2D eigenvalue weighted by Crippen LogP contribution is -2.36. The summed E-state index contributed by atoms with van der Waals surface area (Å²) in [6.07, 6.45) is 2.11. The number of hydrogen-bond donors (Lipinski definition) is 0. The van der Waals surface area contributed by atoms with Crippen LogP contribution in [0.3, 0.4) is 0 Å². The van der Waals surface area contributed by atoms with Crippen molar-refractivity contribution in [2.24, 2.45) is 5.92 Å². The SMILES string of the molecule is CCCC(CBr)CN1C(=O)CN(C)C1=O. The number of carbonyl (C=O) groups excluding carboxylic acids is 2. The van der Waals surface area contributed by atoms with Crippen LogP contribution in [0.15, 0.2) is 0 Å². The molecule has 3 amide bonds. The van der Waals surface area contributed by atoms with Crippen molar-refractivity contribution in [1.82, 2.24) is 9.80 Å². The van der Waals surface area contributed by atoms with Crippen molar-refractivity contribution in [1.29, 1.82) is 0 Å². The molecule has 5 heteroatoms. The summed E-state index contributed by atoms with van der Waals surface area (Å²) in [6, 6.07) is -0.165. The summed E-state index contributed by atoms with van der Waals surface area (Å²) in [6.45, 7) is 2.87. The fraction of sp³-hybridized carbons (Fsp3) is 0.800. The van der Waals surface area contributed by atoms with Crippen molar-refractivity contribution >= 4 is 27.9 Å². The summed E-state index contributed by atoms with van der Waals surface area (Å²) >= 11 is 3.42. The molecule has 0 saturated carbocycles. The van der Waals surface area contributed by atoms with E-state index in [9.17, 15) is 9.59 Å². The summed E-state index contributed by atoms with van der Waals surface area (Å²) in [4.78, 5) is 25.9. The van der Waals surface area contributed by atoms with E-state index in [0.717, 1.165) is 18.2 Å². The number of amides is 3. The van der Waals surface area contributed by atoms with E-state index in [4.69, 9.17) is 0 Å². The van der Waals surface area contributed by atoms with Crippen LogP contribution in [0.2, 0.25) is 0 Å². The van der Waals surface area contributed by atoms with E-state index in [0.29, 0.717) is 12.5 Å². The molecule has 0 aliphatic carbocycles. The molecule has 0 N–H and O–H groups in total. The fourth-order valence-corrected chi connectivity index (χ4v) is 2.26. The third-order valence-electron chi connectivity index (χ3n) is 2.59. The van der Waals surface area contributed by atoms with Crippen LogP contribution in [-0.4, -0.2) is 47.2 Å². The Morgan fingerprint density at radius 3 is 2.53 bits per heavy atom. The maximum atomic E-state index is 11.6. The fourth-order valence-electron chi connectivity index (χ4n) is 1.73. The van der Waals surface area contributed by atoms with Gasteiger partial charge in [0.25, 0.3) is 0 Å². The van der Waals surface area contributed by atoms with E-state index in [1.807, 2.05) is 0 Å². The number of urea groups is 1. The third-order valence-corrected chi connectivity index (χ3v) is 3.50. The molecule has 1 aliphatic rings. The zero-order valence-corrected chi connectivity index (χ0v) is 10.8. The third kappa shape index (κ3) is 2.93. The first-order valence-corrected chi connectivity index (χ1v) is 6.33. The highest BCUT2D eigenvalue weighted by Crippen LogP contribution is 2.16. The minimum Gasteiger partial charge on any atom is -0.318 e. The normalized spacial score (nSPS) is 18.9. The van der Waals surface area contributed by atoms with Crippen molar-refractivity contribution in [3.05, 3.63) is 0 Å². The first-order chi connectivity index (χ1) is 7.10. The summed E-state index contributed by atoms with van der Waals surface area (Å²) in [5, 5.41) is 0.835. The van der Waals surface area contributed by atoms with Gasteiger partial charge in [0.15, 0.2) is 0 Å². The minimum absolute atomic E-state index is 0.0791. The molecule has 1 atom stereocenters. The molecule has 0 spiro atoms. The second-order valence-electron chi connectivity index (χ2n) is 3.95. The first-order valence-electron chi connectivity index (χ1n) is 5.21. The van der Waals surface area contributed by atoms with E-state index < -0.39 is 0 Å². The summed E-state index contributed by atoms with van der Waals surface area (Å²) in [7, 11) is 1.66. The monoisotopic (exact) mass is 276 g/mol. The zero-order valence-electron chi connectivity index (χ0n) is 9.20. The van der Waals surface area contributed by atoms with Gasteiger partial charge in [0.05, 0.1) is 0 Å². The maximum absolute atomic E-state index is 11.6. The number of nitrogens with zero attached hydrogens (tertiary/aromatic N) is 2.